The highest BCUT2D eigenvalue weighted by Gasteiger charge is 2.34. The Morgan fingerprint density at radius 1 is 1.50 bits per heavy atom. The Bertz CT molecular complexity index is 499. The van der Waals surface area contributed by atoms with E-state index in [1.807, 2.05) is 6.07 Å². The molecule has 1 atom stereocenters. The molecule has 0 saturated carbocycles. The largest absolute Gasteiger partial charge is 0.479 e. The van der Waals surface area contributed by atoms with Crippen molar-refractivity contribution in [3.8, 4) is 5.75 Å². The summed E-state index contributed by atoms with van der Waals surface area (Å²) in [4.78, 5) is 24.7. The summed E-state index contributed by atoms with van der Waals surface area (Å²) < 4.78 is 5.48. The molecule has 1 heterocycles. The van der Waals surface area contributed by atoms with Gasteiger partial charge in [-0.2, -0.15) is 0 Å². The Kier molecular flexibility index (Phi) is 3.34. The highest BCUT2D eigenvalue weighted by Crippen LogP contribution is 2.35. The summed E-state index contributed by atoms with van der Waals surface area (Å²) in [5.41, 5.74) is 6.99. The van der Waals surface area contributed by atoms with Gasteiger partial charge in [0.25, 0.3) is 5.91 Å². The first kappa shape index (κ1) is 12.6. The number of hydrogen-bond acceptors (Lipinski definition) is 4. The van der Waals surface area contributed by atoms with Crippen LogP contribution < -0.4 is 15.4 Å². The minimum Gasteiger partial charge on any atom is -0.479 e. The van der Waals surface area contributed by atoms with Gasteiger partial charge in [0.1, 0.15) is 5.75 Å². The molecule has 5 heteroatoms. The number of fused-ring (bicyclic) bond motifs is 1. The van der Waals surface area contributed by atoms with Crippen molar-refractivity contribution in [1.29, 1.82) is 0 Å². The maximum absolute atomic E-state index is 12.0. The van der Waals surface area contributed by atoms with Crippen molar-refractivity contribution in [2.24, 2.45) is 5.73 Å². The van der Waals surface area contributed by atoms with Crippen molar-refractivity contribution in [1.82, 2.24) is 0 Å². The van der Waals surface area contributed by atoms with E-state index >= 15 is 0 Å². The second kappa shape index (κ2) is 4.78. The van der Waals surface area contributed by atoms with Crippen LogP contribution in [0.4, 0.5) is 5.69 Å². The van der Waals surface area contributed by atoms with E-state index in [9.17, 15) is 9.59 Å². The first-order chi connectivity index (χ1) is 8.54. The number of benzene rings is 1. The van der Waals surface area contributed by atoms with Crippen LogP contribution >= 0.6 is 0 Å². The van der Waals surface area contributed by atoms with Gasteiger partial charge in [0, 0.05) is 6.92 Å². The summed E-state index contributed by atoms with van der Waals surface area (Å²) in [6.45, 7) is 3.52. The molecule has 1 unspecified atom stereocenters. The van der Waals surface area contributed by atoms with Gasteiger partial charge < -0.3 is 10.5 Å². The van der Waals surface area contributed by atoms with Gasteiger partial charge in [-0.25, -0.2) is 4.90 Å². The summed E-state index contributed by atoms with van der Waals surface area (Å²) in [5.74, 6) is -0.0840. The molecule has 0 spiro atoms. The molecule has 0 radical (unpaired) electrons. The topological polar surface area (TPSA) is 72.6 Å². The minimum atomic E-state index is -0.637. The van der Waals surface area contributed by atoms with Gasteiger partial charge in [-0.15, -0.1) is 0 Å². The van der Waals surface area contributed by atoms with Crippen LogP contribution in [0.2, 0.25) is 0 Å². The van der Waals surface area contributed by atoms with Gasteiger partial charge in [0.05, 0.1) is 5.69 Å². The fourth-order valence-corrected chi connectivity index (χ4v) is 2.03. The van der Waals surface area contributed by atoms with E-state index in [1.54, 1.807) is 19.1 Å². The molecular weight excluding hydrogens is 232 g/mol. The average Bonchev–Trinajstić information content (AvgIpc) is 2.31. The van der Waals surface area contributed by atoms with E-state index in [4.69, 9.17) is 10.5 Å². The van der Waals surface area contributed by atoms with Crippen molar-refractivity contribution in [3.05, 3.63) is 23.8 Å². The van der Waals surface area contributed by atoms with Crippen LogP contribution in [-0.4, -0.2) is 24.5 Å². The molecule has 0 fully saturated rings. The molecule has 2 amide bonds. The lowest BCUT2D eigenvalue weighted by Gasteiger charge is -2.31. The van der Waals surface area contributed by atoms with Crippen LogP contribution in [0, 0.1) is 0 Å². The fraction of sp³-hybridized carbons (Fsp3) is 0.385. The molecule has 1 aromatic carbocycles. The lowest BCUT2D eigenvalue weighted by atomic mass is 10.1. The Balaban J connectivity index is 2.48. The van der Waals surface area contributed by atoms with Crippen LogP contribution in [0.15, 0.2) is 18.2 Å². The second-order valence-corrected chi connectivity index (χ2v) is 4.29. The highest BCUT2D eigenvalue weighted by atomic mass is 16.5. The Labute approximate surface area is 106 Å². The first-order valence-electron chi connectivity index (χ1n) is 5.88. The predicted molar refractivity (Wildman–Crippen MR) is 67.5 cm³/mol. The van der Waals surface area contributed by atoms with Crippen LogP contribution in [0.25, 0.3) is 0 Å². The van der Waals surface area contributed by atoms with Gasteiger partial charge >= 0.3 is 0 Å². The number of rotatable bonds is 2. The zero-order valence-corrected chi connectivity index (χ0v) is 10.5. The maximum Gasteiger partial charge on any atom is 0.274 e. The third-order valence-electron chi connectivity index (χ3n) is 2.88. The quantitative estimate of drug-likeness (QED) is 0.842. The van der Waals surface area contributed by atoms with Crippen molar-refractivity contribution >= 4 is 17.5 Å². The van der Waals surface area contributed by atoms with E-state index in [2.05, 4.69) is 0 Å². The van der Waals surface area contributed by atoms with E-state index in [-0.39, 0.29) is 11.8 Å². The van der Waals surface area contributed by atoms with E-state index < -0.39 is 6.10 Å². The number of anilines is 1. The SMILES string of the molecule is CC(=O)N1C(=O)C(C)Oc2ccc(CCN)cc21. The molecule has 2 N–H and O–H groups in total. The van der Waals surface area contributed by atoms with E-state index in [1.165, 1.54) is 11.8 Å². The van der Waals surface area contributed by atoms with Gasteiger partial charge in [0.2, 0.25) is 5.91 Å². The Morgan fingerprint density at radius 3 is 2.83 bits per heavy atom. The number of amides is 2. The average molecular weight is 248 g/mol. The fourth-order valence-electron chi connectivity index (χ4n) is 2.03. The van der Waals surface area contributed by atoms with Crippen LogP contribution in [0.5, 0.6) is 5.75 Å². The summed E-state index contributed by atoms with van der Waals surface area (Å²) >= 11 is 0. The third kappa shape index (κ3) is 2.09. The van der Waals surface area contributed by atoms with Crippen LogP contribution in [0.3, 0.4) is 0 Å². The molecule has 96 valence electrons. The number of carbonyl (C=O) groups is 2. The van der Waals surface area contributed by atoms with Crippen molar-refractivity contribution in [2.45, 2.75) is 26.4 Å². The van der Waals surface area contributed by atoms with Crippen LogP contribution in [-0.2, 0) is 16.0 Å². The van der Waals surface area contributed by atoms with E-state index in [0.717, 1.165) is 5.56 Å². The first-order valence-corrected chi connectivity index (χ1v) is 5.88. The second-order valence-electron chi connectivity index (χ2n) is 4.29. The molecule has 0 aromatic heterocycles. The number of carbonyl (C=O) groups excluding carboxylic acids is 2. The smallest absolute Gasteiger partial charge is 0.274 e. The van der Waals surface area contributed by atoms with E-state index in [0.29, 0.717) is 24.4 Å². The standard InChI is InChI=1S/C13H16N2O3/c1-8-13(17)15(9(2)16)11-7-10(5-6-14)3-4-12(11)18-8/h3-4,7-8H,5-6,14H2,1-2H3. The minimum absolute atomic E-state index is 0.304. The van der Waals surface area contributed by atoms with Gasteiger partial charge in [0.15, 0.2) is 6.10 Å². The molecule has 0 aliphatic carbocycles. The zero-order chi connectivity index (χ0) is 13.3. The molecule has 0 saturated heterocycles. The maximum atomic E-state index is 12.0. The van der Waals surface area contributed by atoms with Gasteiger partial charge in [-0.05, 0) is 37.6 Å². The number of ether oxygens (including phenoxy) is 1. The van der Waals surface area contributed by atoms with Crippen LogP contribution in [0.1, 0.15) is 19.4 Å². The molecular formula is C13H16N2O3. The van der Waals surface area contributed by atoms with Crippen molar-refractivity contribution in [3.63, 3.8) is 0 Å². The lowest BCUT2D eigenvalue weighted by molar-refractivity contribution is -0.130. The summed E-state index contributed by atoms with van der Waals surface area (Å²) in [5, 5.41) is 0. The molecule has 1 aliphatic rings. The highest BCUT2D eigenvalue weighted by molar-refractivity contribution is 6.17. The summed E-state index contributed by atoms with van der Waals surface area (Å²) in [7, 11) is 0. The van der Waals surface area contributed by atoms with Gasteiger partial charge in [-0.1, -0.05) is 6.07 Å². The number of nitrogens with zero attached hydrogens (tertiary/aromatic N) is 1. The zero-order valence-electron chi connectivity index (χ0n) is 10.5. The summed E-state index contributed by atoms with van der Waals surface area (Å²) in [6.07, 6.45) is 0.0599. The Hall–Kier alpha value is -1.88. The van der Waals surface area contributed by atoms with Crippen molar-refractivity contribution < 1.29 is 14.3 Å². The molecule has 1 aliphatic heterocycles. The van der Waals surface area contributed by atoms with Gasteiger partial charge in [-0.3, -0.25) is 9.59 Å². The normalized spacial score (nSPS) is 18.3. The molecule has 5 nitrogen and oxygen atoms in total. The number of imide groups is 1. The van der Waals surface area contributed by atoms with Crippen molar-refractivity contribution in [2.75, 3.05) is 11.4 Å². The number of hydrogen-bond donors (Lipinski definition) is 1. The lowest BCUT2D eigenvalue weighted by Crippen LogP contribution is -2.46. The molecule has 1 aromatic rings. The predicted octanol–water partition coefficient (Wildman–Crippen LogP) is 0.848. The monoisotopic (exact) mass is 248 g/mol. The molecule has 18 heavy (non-hydrogen) atoms. The number of nitrogens with two attached hydrogens (primary N) is 1. The molecule has 2 rings (SSSR count). The Morgan fingerprint density at radius 2 is 2.22 bits per heavy atom. The summed E-state index contributed by atoms with van der Waals surface area (Å²) in [6, 6.07) is 5.46. The third-order valence-corrected chi connectivity index (χ3v) is 2.88. The molecule has 0 bridgehead atoms.